The Kier molecular flexibility index (Phi) is 8.10. The lowest BCUT2D eigenvalue weighted by Gasteiger charge is -2.46. The summed E-state index contributed by atoms with van der Waals surface area (Å²) in [6, 6.07) is 7.61. The van der Waals surface area contributed by atoms with Gasteiger partial charge in [0, 0.05) is 46.5 Å². The predicted molar refractivity (Wildman–Crippen MR) is 148 cm³/mol. The number of hydrogen-bond donors (Lipinski definition) is 4. The van der Waals surface area contributed by atoms with E-state index in [1.165, 1.54) is 47.9 Å². The van der Waals surface area contributed by atoms with Gasteiger partial charge in [0.2, 0.25) is 11.8 Å². The molecule has 222 valence electrons. The monoisotopic (exact) mass is 601 g/mol. The third kappa shape index (κ3) is 5.39. The summed E-state index contributed by atoms with van der Waals surface area (Å²) in [6.45, 7) is 3.51. The van der Waals surface area contributed by atoms with Crippen molar-refractivity contribution >= 4 is 41.2 Å². The quantitative estimate of drug-likeness (QED) is 0.318. The van der Waals surface area contributed by atoms with E-state index in [1.54, 1.807) is 17.9 Å². The van der Waals surface area contributed by atoms with E-state index in [4.69, 9.17) is 0 Å². The van der Waals surface area contributed by atoms with Crippen molar-refractivity contribution in [3.63, 3.8) is 0 Å². The highest BCUT2D eigenvalue weighted by Gasteiger charge is 2.60. The highest BCUT2D eigenvalue weighted by atomic mass is 32.2. The molecule has 2 saturated heterocycles. The number of anilines is 1. The second-order valence-corrected chi connectivity index (χ2v) is 12.1. The molecule has 4 N–H and O–H groups in total. The molecular formula is C29H29F2N3O7S. The molecule has 0 aromatic heterocycles. The second kappa shape index (κ2) is 11.5. The molecule has 3 aliphatic heterocycles. The van der Waals surface area contributed by atoms with E-state index in [-0.39, 0.29) is 53.2 Å². The number of rotatable bonds is 9. The van der Waals surface area contributed by atoms with Crippen LogP contribution in [0.4, 0.5) is 14.5 Å². The van der Waals surface area contributed by atoms with E-state index in [0.717, 1.165) is 12.1 Å². The molecule has 3 aliphatic rings. The molecule has 0 radical (unpaired) electrons. The van der Waals surface area contributed by atoms with Crippen molar-refractivity contribution in [3.05, 3.63) is 75.8 Å². The molecule has 0 bridgehead atoms. The molecule has 2 aromatic carbocycles. The lowest BCUT2D eigenvalue weighted by Crippen LogP contribution is -2.63. The number of fused-ring (bicyclic) bond motifs is 1. The molecule has 0 spiro atoms. The summed E-state index contributed by atoms with van der Waals surface area (Å²) in [4.78, 5) is 53.2. The number of carboxylic acids is 2. The molecule has 10 nitrogen and oxygen atoms in total. The Morgan fingerprint density at radius 3 is 2.50 bits per heavy atom. The number of carboxylic acid groups (broad SMARTS) is 2. The number of halogens is 2. The maximum Gasteiger partial charge on any atom is 0.353 e. The van der Waals surface area contributed by atoms with Crippen LogP contribution >= 0.6 is 11.8 Å². The van der Waals surface area contributed by atoms with Crippen LogP contribution in [-0.2, 0) is 20.9 Å². The van der Waals surface area contributed by atoms with Crippen molar-refractivity contribution in [1.82, 2.24) is 9.80 Å². The van der Waals surface area contributed by atoms with E-state index in [9.17, 15) is 43.3 Å². The molecule has 0 unspecified atom stereocenters. The van der Waals surface area contributed by atoms with Crippen molar-refractivity contribution in [3.8, 4) is 0 Å². The second-order valence-electron chi connectivity index (χ2n) is 10.8. The Morgan fingerprint density at radius 2 is 1.86 bits per heavy atom. The highest BCUT2D eigenvalue weighted by Crippen LogP contribution is 2.52. The van der Waals surface area contributed by atoms with Crippen LogP contribution in [0.15, 0.2) is 53.1 Å². The largest absolute Gasteiger partial charge is 0.478 e. The Bertz CT molecular complexity index is 1500. The molecule has 2 aromatic rings. The number of aliphatic hydroxyl groups excluding tert-OH is 1. The van der Waals surface area contributed by atoms with E-state index < -0.39 is 59.5 Å². The normalized spacial score (nSPS) is 26.2. The van der Waals surface area contributed by atoms with Crippen LogP contribution in [0.2, 0.25) is 0 Å². The lowest BCUT2D eigenvalue weighted by atomic mass is 9.79. The smallest absolute Gasteiger partial charge is 0.353 e. The molecule has 13 heteroatoms. The van der Waals surface area contributed by atoms with E-state index in [2.05, 4.69) is 5.32 Å². The van der Waals surface area contributed by atoms with Crippen molar-refractivity contribution in [1.29, 1.82) is 0 Å². The molecule has 0 aliphatic carbocycles. The zero-order valence-electron chi connectivity index (χ0n) is 22.7. The zero-order valence-corrected chi connectivity index (χ0v) is 23.5. The summed E-state index contributed by atoms with van der Waals surface area (Å²) in [7, 11) is 0. The highest BCUT2D eigenvalue weighted by molar-refractivity contribution is 8.03. The Labute approximate surface area is 244 Å². The first-order valence-electron chi connectivity index (χ1n) is 13.3. The zero-order chi connectivity index (χ0) is 30.5. The van der Waals surface area contributed by atoms with Gasteiger partial charge in [-0.2, -0.15) is 0 Å². The van der Waals surface area contributed by atoms with Crippen LogP contribution < -0.4 is 5.32 Å². The minimum absolute atomic E-state index is 0.0177. The SMILES string of the molecule is C[C@@H](O)[C@H]1C(=O)N2C(C(=O)O)=C(S[C@H]3C[C@@H](C(=O)Nc4cccc(C(=O)O)c4)N(Cc4ccc(F)cc4F)C3)[C@H](C)[C@H]12. The van der Waals surface area contributed by atoms with Crippen molar-refractivity contribution in [2.75, 3.05) is 11.9 Å². The van der Waals surface area contributed by atoms with Gasteiger partial charge in [-0.1, -0.05) is 19.1 Å². The van der Waals surface area contributed by atoms with Gasteiger partial charge in [-0.25, -0.2) is 18.4 Å². The number of likely N-dealkylation sites (tertiary alicyclic amines) is 1. The number of amides is 2. The molecule has 5 rings (SSSR count). The fourth-order valence-electron chi connectivity index (χ4n) is 6.08. The summed E-state index contributed by atoms with van der Waals surface area (Å²) in [6.07, 6.45) is -0.708. The molecule has 2 amide bonds. The van der Waals surface area contributed by atoms with Gasteiger partial charge < -0.3 is 25.5 Å². The number of carbonyl (C=O) groups is 4. The first-order chi connectivity index (χ1) is 19.9. The summed E-state index contributed by atoms with van der Waals surface area (Å²) in [5.41, 5.74) is 0.281. The summed E-state index contributed by atoms with van der Waals surface area (Å²) >= 11 is 1.25. The molecule has 3 heterocycles. The number of nitrogens with zero attached hydrogens (tertiary/aromatic N) is 2. The van der Waals surface area contributed by atoms with Crippen LogP contribution in [0.3, 0.4) is 0 Å². The number of aromatic carboxylic acids is 1. The van der Waals surface area contributed by atoms with Gasteiger partial charge in [-0.05, 0) is 37.6 Å². The minimum atomic E-state index is -1.26. The number of nitrogens with one attached hydrogen (secondary N) is 1. The molecule has 2 fully saturated rings. The standard InChI is InChI=1S/C29H29F2N3O7S/c1-13-23-22(14(2)35)27(37)34(23)24(29(40)41)25(13)42-19-10-21(26(36)32-18-5-3-4-15(8-18)28(38)39)33(12-19)11-16-6-7-17(30)9-20(16)31/h3-9,13-14,19,21-23,35H,10-12H2,1-2H3,(H,32,36)(H,38,39)(H,40,41)/t13-,14-,19+,21+,22-,23-/m1/s1. The first-order valence-corrected chi connectivity index (χ1v) is 14.2. The van der Waals surface area contributed by atoms with Crippen molar-refractivity contribution in [2.45, 2.75) is 50.3 Å². The maximum atomic E-state index is 14.6. The summed E-state index contributed by atoms with van der Waals surface area (Å²) in [5, 5.41) is 31.8. The van der Waals surface area contributed by atoms with Gasteiger partial charge in [0.1, 0.15) is 17.3 Å². The molecule has 42 heavy (non-hydrogen) atoms. The lowest BCUT2D eigenvalue weighted by molar-refractivity contribution is -0.163. The van der Waals surface area contributed by atoms with Crippen LogP contribution in [-0.4, -0.2) is 78.9 Å². The Morgan fingerprint density at radius 1 is 1.12 bits per heavy atom. The number of thioether (sulfide) groups is 1. The molecular weight excluding hydrogens is 572 g/mol. The number of aliphatic carboxylic acids is 1. The van der Waals surface area contributed by atoms with Gasteiger partial charge >= 0.3 is 11.9 Å². The number of benzene rings is 2. The predicted octanol–water partition coefficient (Wildman–Crippen LogP) is 3.13. The third-order valence-corrected chi connectivity index (χ3v) is 9.53. The molecule has 6 atom stereocenters. The van der Waals surface area contributed by atoms with Gasteiger partial charge in [-0.3, -0.25) is 14.5 Å². The number of β-lactam (4-membered cyclic amide) rings is 1. The summed E-state index contributed by atoms with van der Waals surface area (Å²) < 4.78 is 28.1. The maximum absolute atomic E-state index is 14.6. The van der Waals surface area contributed by atoms with Crippen LogP contribution in [0.5, 0.6) is 0 Å². The van der Waals surface area contributed by atoms with E-state index >= 15 is 0 Å². The number of hydrogen-bond acceptors (Lipinski definition) is 7. The Hall–Kier alpha value is -3.81. The fraction of sp³-hybridized carbons (Fsp3) is 0.379. The van der Waals surface area contributed by atoms with Gasteiger partial charge in [0.15, 0.2) is 0 Å². The average Bonchev–Trinajstić information content (AvgIpc) is 3.42. The van der Waals surface area contributed by atoms with Crippen molar-refractivity contribution in [2.24, 2.45) is 11.8 Å². The van der Waals surface area contributed by atoms with E-state index in [1.807, 2.05) is 0 Å². The topological polar surface area (TPSA) is 147 Å². The van der Waals surface area contributed by atoms with Crippen LogP contribution in [0.25, 0.3) is 0 Å². The first kappa shape index (κ1) is 29.7. The minimum Gasteiger partial charge on any atom is -0.478 e. The fourth-order valence-corrected chi connectivity index (χ4v) is 7.63. The number of carbonyl (C=O) groups excluding carboxylic acids is 2. The van der Waals surface area contributed by atoms with Gasteiger partial charge in [0.25, 0.3) is 0 Å². The van der Waals surface area contributed by atoms with Crippen LogP contribution in [0, 0.1) is 23.5 Å². The van der Waals surface area contributed by atoms with E-state index in [0.29, 0.717) is 4.91 Å². The molecule has 0 saturated carbocycles. The Balaban J connectivity index is 1.41. The van der Waals surface area contributed by atoms with Gasteiger partial charge in [-0.15, -0.1) is 11.8 Å². The average molecular weight is 602 g/mol. The number of aliphatic hydroxyl groups is 1. The van der Waals surface area contributed by atoms with Crippen LogP contribution in [0.1, 0.15) is 36.2 Å². The summed E-state index contributed by atoms with van der Waals surface area (Å²) in [5.74, 6) is -5.93. The van der Waals surface area contributed by atoms with Crippen molar-refractivity contribution < 1.29 is 43.3 Å². The van der Waals surface area contributed by atoms with Gasteiger partial charge in [0.05, 0.1) is 29.7 Å². The third-order valence-electron chi connectivity index (χ3n) is 8.04.